The van der Waals surface area contributed by atoms with Gasteiger partial charge in [-0.1, -0.05) is 12.1 Å². The fraction of sp³-hybridized carbons (Fsp3) is 0.438. The second-order valence-corrected chi connectivity index (χ2v) is 6.81. The monoisotopic (exact) mass is 288 g/mol. The van der Waals surface area contributed by atoms with E-state index in [-0.39, 0.29) is 5.60 Å². The summed E-state index contributed by atoms with van der Waals surface area (Å²) >= 11 is 1.72. The van der Waals surface area contributed by atoms with Crippen LogP contribution < -0.4 is 10.1 Å². The largest absolute Gasteiger partial charge is 0.487 e. The van der Waals surface area contributed by atoms with Gasteiger partial charge in [0.05, 0.1) is 5.01 Å². The summed E-state index contributed by atoms with van der Waals surface area (Å²) in [4.78, 5) is 4.29. The Kier molecular flexibility index (Phi) is 3.76. The summed E-state index contributed by atoms with van der Waals surface area (Å²) in [7, 11) is 0. The van der Waals surface area contributed by atoms with Crippen molar-refractivity contribution in [1.82, 2.24) is 10.3 Å². The molecule has 0 atom stereocenters. The second-order valence-electron chi connectivity index (χ2n) is 5.83. The van der Waals surface area contributed by atoms with E-state index in [1.54, 1.807) is 11.3 Å². The molecule has 0 saturated carbocycles. The highest BCUT2D eigenvalue weighted by atomic mass is 32.1. The van der Waals surface area contributed by atoms with Gasteiger partial charge in [-0.15, -0.1) is 11.3 Å². The number of fused-ring (bicyclic) bond motifs is 1. The van der Waals surface area contributed by atoms with Crippen molar-refractivity contribution in [2.75, 3.05) is 6.54 Å². The number of nitrogens with one attached hydrogen (secondary N) is 1. The summed E-state index contributed by atoms with van der Waals surface area (Å²) in [6, 6.07) is 6.51. The molecule has 0 amide bonds. The van der Waals surface area contributed by atoms with E-state index in [9.17, 15) is 0 Å². The van der Waals surface area contributed by atoms with Gasteiger partial charge >= 0.3 is 0 Å². The lowest BCUT2D eigenvalue weighted by molar-refractivity contribution is 0.138. The average Bonchev–Trinajstić information content (AvgIpc) is 2.99. The number of thiazole rings is 1. The van der Waals surface area contributed by atoms with Crippen LogP contribution in [0.25, 0.3) is 0 Å². The molecule has 3 nitrogen and oxygen atoms in total. The van der Waals surface area contributed by atoms with Crippen LogP contribution in [0.1, 0.15) is 30.0 Å². The lowest BCUT2D eigenvalue weighted by Crippen LogP contribution is -2.24. The van der Waals surface area contributed by atoms with Gasteiger partial charge in [0.15, 0.2) is 0 Å². The zero-order valence-corrected chi connectivity index (χ0v) is 12.8. The summed E-state index contributed by atoms with van der Waals surface area (Å²) in [5, 5.41) is 6.70. The number of hydrogen-bond donors (Lipinski definition) is 1. The van der Waals surface area contributed by atoms with E-state index in [1.165, 1.54) is 16.1 Å². The molecule has 0 spiro atoms. The van der Waals surface area contributed by atoms with Gasteiger partial charge in [-0.25, -0.2) is 4.98 Å². The molecule has 1 aliphatic heterocycles. The van der Waals surface area contributed by atoms with Crippen LogP contribution in [0.5, 0.6) is 5.75 Å². The molecule has 2 heterocycles. The zero-order valence-electron chi connectivity index (χ0n) is 12.0. The Morgan fingerprint density at radius 3 is 3.10 bits per heavy atom. The highest BCUT2D eigenvalue weighted by Gasteiger charge is 2.29. The van der Waals surface area contributed by atoms with Crippen LogP contribution in [0.15, 0.2) is 29.8 Å². The maximum Gasteiger partial charge on any atom is 0.123 e. The lowest BCUT2D eigenvalue weighted by atomic mass is 10.0. The Morgan fingerprint density at radius 2 is 2.30 bits per heavy atom. The Bertz CT molecular complexity index is 578. The van der Waals surface area contributed by atoms with Crippen molar-refractivity contribution in [2.45, 2.75) is 38.8 Å². The predicted molar refractivity (Wildman–Crippen MR) is 82.4 cm³/mol. The first-order chi connectivity index (χ1) is 9.62. The number of rotatable bonds is 5. The fourth-order valence-corrected chi connectivity index (χ4v) is 3.20. The third-order valence-corrected chi connectivity index (χ3v) is 4.29. The molecule has 4 heteroatoms. The first kappa shape index (κ1) is 13.6. The van der Waals surface area contributed by atoms with E-state index < -0.39 is 0 Å². The number of hydrogen-bond acceptors (Lipinski definition) is 4. The molecule has 1 N–H and O–H groups in total. The molecule has 20 heavy (non-hydrogen) atoms. The van der Waals surface area contributed by atoms with E-state index in [1.807, 2.05) is 11.6 Å². The highest BCUT2D eigenvalue weighted by Crippen LogP contribution is 2.35. The SMILES string of the molecule is CC1(C)Cc2cc(CNCCc3nccs3)ccc2O1. The Labute approximate surface area is 124 Å². The van der Waals surface area contributed by atoms with Gasteiger partial charge in [-0.2, -0.15) is 0 Å². The predicted octanol–water partition coefficient (Wildman–Crippen LogP) is 3.19. The van der Waals surface area contributed by atoms with Crippen molar-refractivity contribution < 1.29 is 4.74 Å². The lowest BCUT2D eigenvalue weighted by Gasteiger charge is -2.16. The zero-order chi connectivity index (χ0) is 14.0. The van der Waals surface area contributed by atoms with Crippen LogP contribution in [0, 0.1) is 0 Å². The van der Waals surface area contributed by atoms with Gasteiger partial charge in [0.25, 0.3) is 0 Å². The molecule has 0 fully saturated rings. The van der Waals surface area contributed by atoms with Crippen LogP contribution in [-0.2, 0) is 19.4 Å². The van der Waals surface area contributed by atoms with Crippen LogP contribution in [0.2, 0.25) is 0 Å². The van der Waals surface area contributed by atoms with Gasteiger partial charge in [-0.05, 0) is 31.0 Å². The molecular weight excluding hydrogens is 268 g/mol. The summed E-state index contributed by atoms with van der Waals surface area (Å²) in [5.74, 6) is 1.04. The van der Waals surface area contributed by atoms with Crippen LogP contribution in [0.4, 0.5) is 0 Å². The molecule has 1 aromatic heterocycles. The average molecular weight is 288 g/mol. The van der Waals surface area contributed by atoms with Gasteiger partial charge in [0.2, 0.25) is 0 Å². The van der Waals surface area contributed by atoms with E-state index in [4.69, 9.17) is 4.74 Å². The fourth-order valence-electron chi connectivity index (χ4n) is 2.58. The quantitative estimate of drug-likeness (QED) is 0.858. The van der Waals surface area contributed by atoms with Crippen molar-refractivity contribution in [3.05, 3.63) is 45.9 Å². The highest BCUT2D eigenvalue weighted by molar-refractivity contribution is 7.09. The van der Waals surface area contributed by atoms with Crippen LogP contribution in [-0.4, -0.2) is 17.1 Å². The third-order valence-electron chi connectivity index (χ3n) is 3.46. The van der Waals surface area contributed by atoms with E-state index >= 15 is 0 Å². The van der Waals surface area contributed by atoms with Gasteiger partial charge in [-0.3, -0.25) is 0 Å². The molecule has 0 aliphatic carbocycles. The van der Waals surface area contributed by atoms with Crippen LogP contribution in [0.3, 0.4) is 0 Å². The number of aromatic nitrogens is 1. The molecule has 0 saturated heterocycles. The molecule has 2 aromatic rings. The first-order valence-corrected chi connectivity index (χ1v) is 7.90. The van der Waals surface area contributed by atoms with Gasteiger partial charge < -0.3 is 10.1 Å². The molecular formula is C16H20N2OS. The molecule has 0 radical (unpaired) electrons. The van der Waals surface area contributed by atoms with Crippen LogP contribution >= 0.6 is 11.3 Å². The van der Waals surface area contributed by atoms with Crippen molar-refractivity contribution in [3.63, 3.8) is 0 Å². The third kappa shape index (κ3) is 3.19. The molecule has 3 rings (SSSR count). The number of ether oxygens (including phenoxy) is 1. The summed E-state index contributed by atoms with van der Waals surface area (Å²) in [6.07, 6.45) is 3.86. The Morgan fingerprint density at radius 1 is 1.40 bits per heavy atom. The summed E-state index contributed by atoms with van der Waals surface area (Å²) in [6.45, 7) is 6.14. The second kappa shape index (κ2) is 5.54. The summed E-state index contributed by atoms with van der Waals surface area (Å²) in [5.41, 5.74) is 2.59. The smallest absolute Gasteiger partial charge is 0.123 e. The normalized spacial score (nSPS) is 15.9. The minimum Gasteiger partial charge on any atom is -0.487 e. The van der Waals surface area contributed by atoms with E-state index in [0.717, 1.165) is 31.7 Å². The van der Waals surface area contributed by atoms with Crippen molar-refractivity contribution >= 4 is 11.3 Å². The summed E-state index contributed by atoms with van der Waals surface area (Å²) < 4.78 is 5.90. The van der Waals surface area contributed by atoms with Crippen molar-refractivity contribution in [1.29, 1.82) is 0 Å². The van der Waals surface area contributed by atoms with Gasteiger partial charge in [0, 0.05) is 37.5 Å². The Balaban J connectivity index is 1.52. The molecule has 106 valence electrons. The van der Waals surface area contributed by atoms with Crippen molar-refractivity contribution in [3.8, 4) is 5.75 Å². The van der Waals surface area contributed by atoms with E-state index in [0.29, 0.717) is 0 Å². The standard InChI is InChI=1S/C16H20N2OS/c1-16(2)10-13-9-12(3-4-14(13)19-16)11-17-6-5-15-18-7-8-20-15/h3-4,7-9,17H,5-6,10-11H2,1-2H3. The molecule has 0 unspecified atom stereocenters. The minimum absolute atomic E-state index is 0.0563. The van der Waals surface area contributed by atoms with Gasteiger partial charge in [0.1, 0.15) is 11.4 Å². The minimum atomic E-state index is -0.0563. The molecule has 0 bridgehead atoms. The molecule has 1 aromatic carbocycles. The topological polar surface area (TPSA) is 34.2 Å². The van der Waals surface area contributed by atoms with Crippen molar-refractivity contribution in [2.24, 2.45) is 0 Å². The Hall–Kier alpha value is -1.39. The number of benzene rings is 1. The van der Waals surface area contributed by atoms with E-state index in [2.05, 4.69) is 42.3 Å². The first-order valence-electron chi connectivity index (χ1n) is 7.02. The molecule has 1 aliphatic rings. The maximum atomic E-state index is 5.90. The maximum absolute atomic E-state index is 5.90. The number of nitrogens with zero attached hydrogens (tertiary/aromatic N) is 1.